The molecule has 1 amide bonds. The van der Waals surface area contributed by atoms with Gasteiger partial charge in [0.1, 0.15) is 5.60 Å². The molecule has 0 N–H and O–H groups in total. The van der Waals surface area contributed by atoms with E-state index in [1.165, 1.54) is 0 Å². The number of anilines is 1. The molecule has 0 saturated carbocycles. The lowest BCUT2D eigenvalue weighted by atomic mass is 10.1. The summed E-state index contributed by atoms with van der Waals surface area (Å²) in [6, 6.07) is 4.57. The average molecular weight is 354 g/mol. The molecular weight excluding hydrogens is 328 g/mol. The summed E-state index contributed by atoms with van der Waals surface area (Å²) in [5.41, 5.74) is 2.83. The largest absolute Gasteiger partial charge is 0.444 e. The van der Waals surface area contributed by atoms with Gasteiger partial charge in [0.2, 0.25) is 0 Å². The number of rotatable bonds is 2. The van der Waals surface area contributed by atoms with Crippen LogP contribution in [-0.4, -0.2) is 51.4 Å². The van der Waals surface area contributed by atoms with Crippen LogP contribution in [0.25, 0.3) is 11.6 Å². The SMILES string of the molecule is C=Cc1cc2c(N3CC4CCC(C3)N4C(=O)OC(C)(C)C)ccnn2c1. The van der Waals surface area contributed by atoms with Gasteiger partial charge >= 0.3 is 6.09 Å². The third-order valence-corrected chi connectivity index (χ3v) is 5.17. The Morgan fingerprint density at radius 2 is 2.00 bits per heavy atom. The number of hydrogen-bond donors (Lipinski definition) is 0. The molecule has 0 aliphatic carbocycles. The highest BCUT2D eigenvalue weighted by atomic mass is 16.6. The summed E-state index contributed by atoms with van der Waals surface area (Å²) in [7, 11) is 0. The number of carbonyl (C=O) groups is 1. The Morgan fingerprint density at radius 1 is 1.31 bits per heavy atom. The number of carbonyl (C=O) groups excluding carboxylic acids is 1. The van der Waals surface area contributed by atoms with Gasteiger partial charge in [-0.15, -0.1) is 0 Å². The molecule has 0 radical (unpaired) electrons. The number of hydrogen-bond acceptors (Lipinski definition) is 4. The first-order valence-electron chi connectivity index (χ1n) is 9.22. The molecule has 0 aromatic carbocycles. The van der Waals surface area contributed by atoms with Gasteiger partial charge in [0.15, 0.2) is 0 Å². The van der Waals surface area contributed by atoms with Crippen molar-refractivity contribution in [2.75, 3.05) is 18.0 Å². The van der Waals surface area contributed by atoms with Crippen LogP contribution in [-0.2, 0) is 4.74 Å². The van der Waals surface area contributed by atoms with Gasteiger partial charge in [-0.1, -0.05) is 12.7 Å². The van der Waals surface area contributed by atoms with Crippen LogP contribution in [0.4, 0.5) is 10.5 Å². The fourth-order valence-electron chi connectivity index (χ4n) is 4.11. The van der Waals surface area contributed by atoms with Gasteiger partial charge in [0.05, 0.1) is 23.3 Å². The van der Waals surface area contributed by atoms with Crippen LogP contribution in [0.1, 0.15) is 39.2 Å². The first-order chi connectivity index (χ1) is 12.4. The van der Waals surface area contributed by atoms with E-state index >= 15 is 0 Å². The van der Waals surface area contributed by atoms with Crippen molar-refractivity contribution < 1.29 is 9.53 Å². The summed E-state index contributed by atoms with van der Waals surface area (Å²) < 4.78 is 7.53. The number of piperazine rings is 1. The Labute approximate surface area is 154 Å². The van der Waals surface area contributed by atoms with Crippen LogP contribution in [0.2, 0.25) is 0 Å². The van der Waals surface area contributed by atoms with E-state index in [-0.39, 0.29) is 18.2 Å². The molecule has 6 nitrogen and oxygen atoms in total. The lowest BCUT2D eigenvalue weighted by Crippen LogP contribution is -2.56. The predicted molar refractivity (Wildman–Crippen MR) is 102 cm³/mol. The smallest absolute Gasteiger partial charge is 0.410 e. The van der Waals surface area contributed by atoms with Crippen molar-refractivity contribution in [3.05, 3.63) is 36.7 Å². The highest BCUT2D eigenvalue weighted by molar-refractivity contribution is 5.77. The Bertz CT molecular complexity index is 837. The van der Waals surface area contributed by atoms with Crippen LogP contribution in [0.3, 0.4) is 0 Å². The Kier molecular flexibility index (Phi) is 3.93. The molecule has 2 fully saturated rings. The Balaban J connectivity index is 1.59. The van der Waals surface area contributed by atoms with E-state index in [4.69, 9.17) is 4.74 Å². The first kappa shape index (κ1) is 16.9. The third-order valence-electron chi connectivity index (χ3n) is 5.17. The summed E-state index contributed by atoms with van der Waals surface area (Å²) in [6.45, 7) is 11.2. The normalized spacial score (nSPS) is 22.7. The highest BCUT2D eigenvalue weighted by Gasteiger charge is 2.44. The molecule has 2 aliphatic heterocycles. The van der Waals surface area contributed by atoms with Gasteiger partial charge in [-0.25, -0.2) is 9.31 Å². The molecule has 2 atom stereocenters. The zero-order valence-electron chi connectivity index (χ0n) is 15.7. The Hall–Kier alpha value is -2.50. The lowest BCUT2D eigenvalue weighted by Gasteiger charge is -2.42. The minimum Gasteiger partial charge on any atom is -0.444 e. The van der Waals surface area contributed by atoms with Crippen molar-refractivity contribution in [1.29, 1.82) is 0 Å². The van der Waals surface area contributed by atoms with E-state index < -0.39 is 5.60 Å². The van der Waals surface area contributed by atoms with Crippen LogP contribution in [0.15, 0.2) is 31.1 Å². The maximum Gasteiger partial charge on any atom is 0.410 e. The van der Waals surface area contributed by atoms with Gasteiger partial charge in [0, 0.05) is 25.5 Å². The number of fused-ring (bicyclic) bond motifs is 3. The van der Waals surface area contributed by atoms with E-state index in [1.807, 2.05) is 48.7 Å². The van der Waals surface area contributed by atoms with Crippen molar-refractivity contribution in [3.8, 4) is 0 Å². The van der Waals surface area contributed by atoms with E-state index in [0.29, 0.717) is 0 Å². The van der Waals surface area contributed by atoms with E-state index in [0.717, 1.165) is 42.7 Å². The van der Waals surface area contributed by atoms with Crippen LogP contribution >= 0.6 is 0 Å². The molecule has 2 aromatic heterocycles. The summed E-state index contributed by atoms with van der Waals surface area (Å²) in [4.78, 5) is 17.0. The molecular formula is C20H26N4O2. The molecule has 0 spiro atoms. The van der Waals surface area contributed by atoms with Crippen LogP contribution < -0.4 is 4.90 Å². The number of ether oxygens (including phenoxy) is 1. The van der Waals surface area contributed by atoms with Crippen molar-refractivity contribution >= 4 is 23.4 Å². The van der Waals surface area contributed by atoms with Gasteiger partial charge in [-0.2, -0.15) is 5.10 Å². The van der Waals surface area contributed by atoms with E-state index in [1.54, 1.807) is 0 Å². The Morgan fingerprint density at radius 3 is 2.62 bits per heavy atom. The molecule has 2 aromatic rings. The first-order valence-corrected chi connectivity index (χ1v) is 9.22. The average Bonchev–Trinajstić information content (AvgIpc) is 3.11. The van der Waals surface area contributed by atoms with Crippen molar-refractivity contribution in [2.24, 2.45) is 0 Å². The topological polar surface area (TPSA) is 50.1 Å². The summed E-state index contributed by atoms with van der Waals surface area (Å²) in [5.74, 6) is 0. The standard InChI is InChI=1S/C20H26N4O2/c1-5-14-10-18-17(8-9-21-23(18)11-14)22-12-15-6-7-16(13-22)24(15)19(25)26-20(2,3)4/h5,8-11,15-16H,1,6-7,12-13H2,2-4H3. The fraction of sp³-hybridized carbons (Fsp3) is 0.500. The predicted octanol–water partition coefficient (Wildman–Crippen LogP) is 3.57. The summed E-state index contributed by atoms with van der Waals surface area (Å²) in [6.07, 6.45) is 7.53. The van der Waals surface area contributed by atoms with Gasteiger partial charge in [-0.3, -0.25) is 4.90 Å². The monoisotopic (exact) mass is 354 g/mol. The quantitative estimate of drug-likeness (QED) is 0.827. The minimum absolute atomic E-state index is 0.179. The molecule has 6 heteroatoms. The van der Waals surface area contributed by atoms with Gasteiger partial charge in [0.25, 0.3) is 0 Å². The van der Waals surface area contributed by atoms with E-state index in [2.05, 4.69) is 28.7 Å². The molecule has 4 rings (SSSR count). The molecule has 26 heavy (non-hydrogen) atoms. The number of amides is 1. The zero-order valence-corrected chi connectivity index (χ0v) is 15.7. The van der Waals surface area contributed by atoms with Crippen LogP contribution in [0.5, 0.6) is 0 Å². The second-order valence-corrected chi connectivity index (χ2v) is 8.20. The number of nitrogens with zero attached hydrogens (tertiary/aromatic N) is 4. The molecule has 2 unspecified atom stereocenters. The van der Waals surface area contributed by atoms with Crippen molar-refractivity contribution in [1.82, 2.24) is 14.5 Å². The van der Waals surface area contributed by atoms with Gasteiger partial charge < -0.3 is 9.64 Å². The lowest BCUT2D eigenvalue weighted by molar-refractivity contribution is 0.0123. The zero-order chi connectivity index (χ0) is 18.5. The summed E-state index contributed by atoms with van der Waals surface area (Å²) in [5, 5.41) is 4.40. The maximum absolute atomic E-state index is 12.6. The summed E-state index contributed by atoms with van der Waals surface area (Å²) >= 11 is 0. The minimum atomic E-state index is -0.460. The van der Waals surface area contributed by atoms with E-state index in [9.17, 15) is 4.79 Å². The molecule has 2 bridgehead atoms. The van der Waals surface area contributed by atoms with Crippen molar-refractivity contribution in [3.63, 3.8) is 0 Å². The second kappa shape index (κ2) is 6.04. The fourth-order valence-corrected chi connectivity index (χ4v) is 4.11. The highest BCUT2D eigenvalue weighted by Crippen LogP contribution is 2.35. The van der Waals surface area contributed by atoms with Crippen LogP contribution in [0, 0.1) is 0 Å². The number of aromatic nitrogens is 2. The molecule has 2 saturated heterocycles. The second-order valence-electron chi connectivity index (χ2n) is 8.20. The molecule has 4 heterocycles. The van der Waals surface area contributed by atoms with Crippen molar-refractivity contribution in [2.45, 2.75) is 51.3 Å². The van der Waals surface area contributed by atoms with Gasteiger partial charge in [-0.05, 0) is 51.3 Å². The molecule has 2 aliphatic rings. The third kappa shape index (κ3) is 2.93. The molecule has 138 valence electrons. The maximum atomic E-state index is 12.6.